The summed E-state index contributed by atoms with van der Waals surface area (Å²) in [5, 5.41) is 0.908. The normalized spacial score (nSPS) is 17.6. The first-order valence-electron chi connectivity index (χ1n) is 7.08. The number of hydrogen-bond donors (Lipinski definition) is 0. The monoisotopic (exact) mass is 367 g/mol. The van der Waals surface area contributed by atoms with Crippen molar-refractivity contribution in [2.75, 3.05) is 12.9 Å². The molecule has 1 aliphatic rings. The van der Waals surface area contributed by atoms with Crippen molar-refractivity contribution in [2.24, 2.45) is 0 Å². The van der Waals surface area contributed by atoms with E-state index in [0.29, 0.717) is 22.3 Å². The van der Waals surface area contributed by atoms with Crippen LogP contribution in [0.25, 0.3) is 0 Å². The summed E-state index contributed by atoms with van der Waals surface area (Å²) in [6.07, 6.45) is 0. The summed E-state index contributed by atoms with van der Waals surface area (Å²) in [5.41, 5.74) is 1.92. The minimum atomic E-state index is -0.115. The minimum Gasteiger partial charge on any atom is -0.497 e. The number of rotatable bonds is 4. The quantitative estimate of drug-likeness (QED) is 0.778. The van der Waals surface area contributed by atoms with Crippen LogP contribution >= 0.6 is 35.0 Å². The predicted octanol–water partition coefficient (Wildman–Crippen LogP) is 4.78. The smallest absolute Gasteiger partial charge is 0.234 e. The van der Waals surface area contributed by atoms with Gasteiger partial charge in [-0.15, -0.1) is 11.8 Å². The molecular weight excluding hydrogens is 353 g/mol. The van der Waals surface area contributed by atoms with Gasteiger partial charge >= 0.3 is 0 Å². The molecule has 3 rings (SSSR count). The van der Waals surface area contributed by atoms with Crippen molar-refractivity contribution >= 4 is 40.9 Å². The molecule has 2 aromatic rings. The molecule has 6 heteroatoms. The molecule has 0 aromatic heterocycles. The fraction of sp³-hybridized carbons (Fsp3) is 0.235. The lowest BCUT2D eigenvalue weighted by molar-refractivity contribution is -0.128. The van der Waals surface area contributed by atoms with Crippen molar-refractivity contribution in [3.05, 3.63) is 63.6 Å². The average molecular weight is 368 g/mol. The third-order valence-corrected chi connectivity index (χ3v) is 5.80. The molecule has 0 radical (unpaired) electrons. The van der Waals surface area contributed by atoms with Gasteiger partial charge in [-0.25, -0.2) is 0 Å². The van der Waals surface area contributed by atoms with Crippen molar-refractivity contribution < 1.29 is 9.53 Å². The van der Waals surface area contributed by atoms with Crippen molar-refractivity contribution in [3.8, 4) is 5.75 Å². The first-order valence-corrected chi connectivity index (χ1v) is 8.88. The van der Waals surface area contributed by atoms with Crippen LogP contribution in [0.5, 0.6) is 5.75 Å². The van der Waals surface area contributed by atoms with Crippen LogP contribution in [0.15, 0.2) is 42.5 Å². The first-order chi connectivity index (χ1) is 11.1. The molecule has 23 heavy (non-hydrogen) atoms. The topological polar surface area (TPSA) is 29.5 Å². The highest BCUT2D eigenvalue weighted by Crippen LogP contribution is 2.43. The van der Waals surface area contributed by atoms with Gasteiger partial charge in [0.25, 0.3) is 0 Å². The van der Waals surface area contributed by atoms with Gasteiger partial charge in [-0.05, 0) is 23.8 Å². The number of carbonyl (C=O) groups excluding carboxylic acids is 1. The third kappa shape index (κ3) is 3.44. The number of benzene rings is 2. The zero-order valence-electron chi connectivity index (χ0n) is 12.5. The largest absolute Gasteiger partial charge is 0.497 e. The lowest BCUT2D eigenvalue weighted by Gasteiger charge is -2.25. The number of methoxy groups -OCH3 is 1. The number of thioether (sulfide) groups is 1. The number of halogens is 2. The van der Waals surface area contributed by atoms with Crippen LogP contribution in [-0.2, 0) is 11.3 Å². The molecule has 0 saturated carbocycles. The van der Waals surface area contributed by atoms with Crippen LogP contribution in [0.2, 0.25) is 10.0 Å². The molecule has 120 valence electrons. The summed E-state index contributed by atoms with van der Waals surface area (Å²) in [6.45, 7) is 0.531. The van der Waals surface area contributed by atoms with Gasteiger partial charge in [-0.3, -0.25) is 4.79 Å². The van der Waals surface area contributed by atoms with Gasteiger partial charge in [-0.1, -0.05) is 47.5 Å². The molecule has 0 aliphatic carbocycles. The number of carbonyl (C=O) groups is 1. The van der Waals surface area contributed by atoms with E-state index in [-0.39, 0.29) is 11.3 Å². The van der Waals surface area contributed by atoms with Crippen molar-refractivity contribution in [1.29, 1.82) is 0 Å². The summed E-state index contributed by atoms with van der Waals surface area (Å²) in [5.74, 6) is 1.35. The van der Waals surface area contributed by atoms with Gasteiger partial charge in [0, 0.05) is 12.1 Å². The minimum absolute atomic E-state index is 0.104. The van der Waals surface area contributed by atoms with Crippen LogP contribution in [0.4, 0.5) is 0 Å². The second-order valence-corrected chi connectivity index (χ2v) is 7.03. The molecule has 0 spiro atoms. The van der Waals surface area contributed by atoms with E-state index in [1.807, 2.05) is 41.3 Å². The Kier molecular flexibility index (Phi) is 5.05. The summed E-state index contributed by atoms with van der Waals surface area (Å²) in [6, 6.07) is 13.2. The van der Waals surface area contributed by atoms with Gasteiger partial charge in [0.2, 0.25) is 5.91 Å². The maximum atomic E-state index is 12.3. The van der Waals surface area contributed by atoms with Gasteiger partial charge in [0.1, 0.15) is 11.1 Å². The molecule has 1 saturated heterocycles. The molecule has 1 heterocycles. The second kappa shape index (κ2) is 7.04. The highest BCUT2D eigenvalue weighted by atomic mass is 35.5. The molecule has 0 bridgehead atoms. The molecule has 2 aromatic carbocycles. The van der Waals surface area contributed by atoms with Crippen molar-refractivity contribution in [2.45, 2.75) is 11.9 Å². The average Bonchev–Trinajstić information content (AvgIpc) is 2.92. The molecule has 0 N–H and O–H groups in total. The Morgan fingerprint density at radius 2 is 1.96 bits per heavy atom. The molecule has 3 nitrogen and oxygen atoms in total. The highest BCUT2D eigenvalue weighted by Gasteiger charge is 2.34. The summed E-state index contributed by atoms with van der Waals surface area (Å²) in [4.78, 5) is 14.1. The fourth-order valence-corrected chi connectivity index (χ4v) is 4.21. The summed E-state index contributed by atoms with van der Waals surface area (Å²) < 4.78 is 5.16. The van der Waals surface area contributed by atoms with Gasteiger partial charge in [0.15, 0.2) is 0 Å². The fourth-order valence-electron chi connectivity index (χ4n) is 2.52. The Morgan fingerprint density at radius 3 is 2.65 bits per heavy atom. The van der Waals surface area contributed by atoms with Crippen LogP contribution in [0.3, 0.4) is 0 Å². The third-order valence-electron chi connectivity index (χ3n) is 3.73. The van der Waals surface area contributed by atoms with Crippen LogP contribution < -0.4 is 4.74 Å². The van der Waals surface area contributed by atoms with Crippen LogP contribution in [0, 0.1) is 0 Å². The Balaban J connectivity index is 1.86. The van der Waals surface area contributed by atoms with E-state index in [0.717, 1.165) is 16.9 Å². The van der Waals surface area contributed by atoms with E-state index < -0.39 is 0 Å². The van der Waals surface area contributed by atoms with Gasteiger partial charge in [-0.2, -0.15) is 0 Å². The van der Waals surface area contributed by atoms with Gasteiger partial charge in [0.05, 0.1) is 22.9 Å². The number of amides is 1. The highest BCUT2D eigenvalue weighted by molar-refractivity contribution is 8.00. The van der Waals surface area contributed by atoms with Crippen LogP contribution in [0.1, 0.15) is 16.5 Å². The molecule has 1 atom stereocenters. The molecule has 0 unspecified atom stereocenters. The van der Waals surface area contributed by atoms with Gasteiger partial charge < -0.3 is 9.64 Å². The lowest BCUT2D eigenvalue weighted by atomic mass is 10.1. The van der Waals surface area contributed by atoms with Crippen molar-refractivity contribution in [3.63, 3.8) is 0 Å². The Morgan fingerprint density at radius 1 is 1.22 bits per heavy atom. The van der Waals surface area contributed by atoms with E-state index >= 15 is 0 Å². The molecule has 1 fully saturated rings. The zero-order valence-corrected chi connectivity index (χ0v) is 14.8. The number of ether oxygens (including phenoxy) is 1. The Labute approximate surface area is 149 Å². The standard InChI is InChI=1S/C17H15Cl2NO2S/c1-22-12-7-5-11(6-8-12)9-20-15(21)10-23-17(20)13-3-2-4-14(18)16(13)19/h2-8,17H,9-10H2,1H3/t17-/m0/s1. The Bertz CT molecular complexity index is 721. The van der Waals surface area contributed by atoms with E-state index in [1.54, 1.807) is 24.9 Å². The molecule has 1 amide bonds. The SMILES string of the molecule is COc1ccc(CN2C(=O)CS[C@H]2c2cccc(Cl)c2Cl)cc1. The summed E-state index contributed by atoms with van der Waals surface area (Å²) >= 11 is 14.0. The molecule has 1 aliphatic heterocycles. The number of nitrogens with zero attached hydrogens (tertiary/aromatic N) is 1. The predicted molar refractivity (Wildman–Crippen MR) is 95.2 cm³/mol. The lowest BCUT2D eigenvalue weighted by Crippen LogP contribution is -2.27. The first kappa shape index (κ1) is 16.5. The van der Waals surface area contributed by atoms with E-state index in [2.05, 4.69) is 0 Å². The zero-order chi connectivity index (χ0) is 16.4. The maximum absolute atomic E-state index is 12.3. The van der Waals surface area contributed by atoms with Crippen LogP contribution in [-0.4, -0.2) is 23.7 Å². The Hall–Kier alpha value is -1.36. The summed E-state index contributed by atoms with van der Waals surface area (Å²) in [7, 11) is 1.63. The molecular formula is C17H15Cl2NO2S. The number of hydrogen-bond acceptors (Lipinski definition) is 3. The van der Waals surface area contributed by atoms with E-state index in [9.17, 15) is 4.79 Å². The van der Waals surface area contributed by atoms with Crippen molar-refractivity contribution in [1.82, 2.24) is 4.90 Å². The maximum Gasteiger partial charge on any atom is 0.234 e. The second-order valence-electron chi connectivity index (χ2n) is 5.18. The van der Waals surface area contributed by atoms with E-state index in [1.165, 1.54) is 0 Å². The van der Waals surface area contributed by atoms with E-state index in [4.69, 9.17) is 27.9 Å².